The van der Waals surface area contributed by atoms with Gasteiger partial charge in [0.05, 0.1) is 16.3 Å². The van der Waals surface area contributed by atoms with Crippen LogP contribution in [0.25, 0.3) is 0 Å². The zero-order chi connectivity index (χ0) is 13.4. The van der Waals surface area contributed by atoms with Crippen molar-refractivity contribution in [1.29, 1.82) is 0 Å². The van der Waals surface area contributed by atoms with Crippen molar-refractivity contribution >= 4 is 17.2 Å². The first kappa shape index (κ1) is 14.7. The van der Waals surface area contributed by atoms with Crippen molar-refractivity contribution in [3.05, 3.63) is 21.4 Å². The largest absolute Gasteiger partial charge is 0.385 e. The highest BCUT2D eigenvalue weighted by atomic mass is 32.1. The third kappa shape index (κ3) is 4.49. The van der Waals surface area contributed by atoms with Crippen molar-refractivity contribution < 1.29 is 9.53 Å². The van der Waals surface area contributed by atoms with E-state index in [2.05, 4.69) is 17.2 Å². The van der Waals surface area contributed by atoms with E-state index in [0.29, 0.717) is 24.6 Å². The fourth-order valence-electron chi connectivity index (χ4n) is 1.35. The van der Waals surface area contributed by atoms with E-state index in [9.17, 15) is 4.79 Å². The van der Waals surface area contributed by atoms with Crippen LogP contribution in [0, 0.1) is 18.8 Å². The molecule has 98 valence electrons. The molecule has 0 aliphatic heterocycles. The molecule has 0 aliphatic rings. The molecule has 0 spiro atoms. The van der Waals surface area contributed by atoms with Gasteiger partial charge < -0.3 is 15.8 Å². The normalized spacial score (nSPS) is 9.72. The maximum Gasteiger partial charge on any atom is 0.261 e. The SMILES string of the molecule is COCCCNC(=O)c1cc(C)c(C#CCN)s1. The molecule has 18 heavy (non-hydrogen) atoms. The van der Waals surface area contributed by atoms with Gasteiger partial charge in [0.1, 0.15) is 0 Å². The molecule has 1 rings (SSSR count). The number of aryl methyl sites for hydroxylation is 1. The van der Waals surface area contributed by atoms with Gasteiger partial charge in [-0.15, -0.1) is 11.3 Å². The number of ether oxygens (including phenoxy) is 1. The highest BCUT2D eigenvalue weighted by Crippen LogP contribution is 2.20. The van der Waals surface area contributed by atoms with Crippen molar-refractivity contribution in [3.63, 3.8) is 0 Å². The molecule has 4 nitrogen and oxygen atoms in total. The van der Waals surface area contributed by atoms with E-state index in [0.717, 1.165) is 16.9 Å². The van der Waals surface area contributed by atoms with E-state index in [4.69, 9.17) is 10.5 Å². The number of hydrogen-bond acceptors (Lipinski definition) is 4. The van der Waals surface area contributed by atoms with Crippen LogP contribution in [0.15, 0.2) is 6.07 Å². The topological polar surface area (TPSA) is 64.3 Å². The summed E-state index contributed by atoms with van der Waals surface area (Å²) in [6.45, 7) is 3.54. The fraction of sp³-hybridized carbons (Fsp3) is 0.462. The molecular formula is C13H18N2O2S. The molecule has 0 atom stereocenters. The minimum absolute atomic E-state index is 0.0556. The minimum Gasteiger partial charge on any atom is -0.385 e. The number of carbonyl (C=O) groups excluding carboxylic acids is 1. The van der Waals surface area contributed by atoms with Crippen LogP contribution in [0.2, 0.25) is 0 Å². The third-order valence-corrected chi connectivity index (χ3v) is 3.41. The lowest BCUT2D eigenvalue weighted by atomic mass is 10.2. The van der Waals surface area contributed by atoms with Crippen LogP contribution in [-0.4, -0.2) is 32.7 Å². The first-order valence-electron chi connectivity index (χ1n) is 5.75. The van der Waals surface area contributed by atoms with Crippen LogP contribution >= 0.6 is 11.3 Å². The average molecular weight is 266 g/mol. The average Bonchev–Trinajstić information content (AvgIpc) is 2.73. The number of amides is 1. The highest BCUT2D eigenvalue weighted by Gasteiger charge is 2.10. The second-order valence-corrected chi connectivity index (χ2v) is 4.78. The zero-order valence-corrected chi connectivity index (χ0v) is 11.5. The van der Waals surface area contributed by atoms with Crippen LogP contribution in [0.1, 0.15) is 26.5 Å². The van der Waals surface area contributed by atoms with Crippen LogP contribution in [0.4, 0.5) is 0 Å². The summed E-state index contributed by atoms with van der Waals surface area (Å²) in [7, 11) is 1.65. The predicted molar refractivity (Wildman–Crippen MR) is 73.8 cm³/mol. The number of hydrogen-bond donors (Lipinski definition) is 2. The maximum absolute atomic E-state index is 11.8. The van der Waals surface area contributed by atoms with Gasteiger partial charge in [-0.3, -0.25) is 4.79 Å². The van der Waals surface area contributed by atoms with Crippen LogP contribution in [0.3, 0.4) is 0 Å². The molecule has 0 aliphatic carbocycles. The van der Waals surface area contributed by atoms with Gasteiger partial charge in [-0.1, -0.05) is 11.8 Å². The molecule has 0 bridgehead atoms. The number of methoxy groups -OCH3 is 1. The first-order valence-corrected chi connectivity index (χ1v) is 6.57. The summed E-state index contributed by atoms with van der Waals surface area (Å²) in [5, 5.41) is 2.85. The van der Waals surface area contributed by atoms with E-state index in [-0.39, 0.29) is 5.91 Å². The molecule has 0 fully saturated rings. The minimum atomic E-state index is -0.0556. The lowest BCUT2D eigenvalue weighted by Gasteiger charge is -2.02. The van der Waals surface area contributed by atoms with Crippen molar-refractivity contribution in [3.8, 4) is 11.8 Å². The molecule has 0 saturated heterocycles. The fourth-order valence-corrected chi connectivity index (χ4v) is 2.32. The molecule has 0 radical (unpaired) electrons. The van der Waals surface area contributed by atoms with Gasteiger partial charge in [0.15, 0.2) is 0 Å². The Hall–Kier alpha value is -1.35. The lowest BCUT2D eigenvalue weighted by molar-refractivity contribution is 0.0952. The van der Waals surface area contributed by atoms with E-state index in [1.54, 1.807) is 7.11 Å². The van der Waals surface area contributed by atoms with Gasteiger partial charge in [-0.05, 0) is 25.0 Å². The second-order valence-electron chi connectivity index (χ2n) is 3.73. The van der Waals surface area contributed by atoms with Gasteiger partial charge >= 0.3 is 0 Å². The molecule has 3 N–H and O–H groups in total. The van der Waals surface area contributed by atoms with E-state index in [1.165, 1.54) is 11.3 Å². The van der Waals surface area contributed by atoms with Crippen molar-refractivity contribution in [2.24, 2.45) is 5.73 Å². The van der Waals surface area contributed by atoms with Crippen molar-refractivity contribution in [2.75, 3.05) is 26.8 Å². The lowest BCUT2D eigenvalue weighted by Crippen LogP contribution is -2.24. The Morgan fingerprint density at radius 3 is 3.06 bits per heavy atom. The molecule has 0 unspecified atom stereocenters. The van der Waals surface area contributed by atoms with Gasteiger partial charge in [0.25, 0.3) is 5.91 Å². The Morgan fingerprint density at radius 1 is 1.61 bits per heavy atom. The van der Waals surface area contributed by atoms with Crippen LogP contribution < -0.4 is 11.1 Å². The van der Waals surface area contributed by atoms with Crippen molar-refractivity contribution in [1.82, 2.24) is 5.32 Å². The summed E-state index contributed by atoms with van der Waals surface area (Å²) in [5.41, 5.74) is 6.34. The molecule has 0 saturated carbocycles. The summed E-state index contributed by atoms with van der Waals surface area (Å²) in [6.07, 6.45) is 0.812. The van der Waals surface area contributed by atoms with Gasteiger partial charge in [-0.25, -0.2) is 0 Å². The number of nitrogens with one attached hydrogen (secondary N) is 1. The van der Waals surface area contributed by atoms with Crippen LogP contribution in [0.5, 0.6) is 0 Å². The number of thiophene rings is 1. The van der Waals surface area contributed by atoms with Crippen molar-refractivity contribution in [2.45, 2.75) is 13.3 Å². The summed E-state index contributed by atoms with van der Waals surface area (Å²) >= 11 is 1.40. The molecule has 1 heterocycles. The third-order valence-electron chi connectivity index (χ3n) is 2.26. The van der Waals surface area contributed by atoms with E-state index < -0.39 is 0 Å². The number of rotatable bonds is 5. The molecular weight excluding hydrogens is 248 g/mol. The second kappa shape index (κ2) is 7.88. The van der Waals surface area contributed by atoms with Gasteiger partial charge in [0.2, 0.25) is 0 Å². The van der Waals surface area contributed by atoms with E-state index >= 15 is 0 Å². The summed E-state index contributed by atoms with van der Waals surface area (Å²) in [5.74, 6) is 5.71. The summed E-state index contributed by atoms with van der Waals surface area (Å²) in [4.78, 5) is 13.4. The summed E-state index contributed by atoms with van der Waals surface area (Å²) in [6, 6.07) is 1.86. The molecule has 0 aromatic carbocycles. The quantitative estimate of drug-likeness (QED) is 0.620. The number of nitrogens with two attached hydrogens (primary N) is 1. The standard InChI is InChI=1S/C13H18N2O2S/c1-10-9-12(18-11(10)5-3-6-14)13(16)15-7-4-8-17-2/h9H,4,6-8,14H2,1-2H3,(H,15,16). The molecule has 5 heteroatoms. The smallest absolute Gasteiger partial charge is 0.261 e. The van der Waals surface area contributed by atoms with E-state index in [1.807, 2.05) is 13.0 Å². The Kier molecular flexibility index (Phi) is 6.44. The van der Waals surface area contributed by atoms with Gasteiger partial charge in [0, 0.05) is 20.3 Å². The highest BCUT2D eigenvalue weighted by molar-refractivity contribution is 7.14. The van der Waals surface area contributed by atoms with Crippen LogP contribution in [-0.2, 0) is 4.74 Å². The Bertz CT molecular complexity index is 457. The molecule has 1 aromatic heterocycles. The predicted octanol–water partition coefficient (Wildman–Crippen LogP) is 1.13. The Morgan fingerprint density at radius 2 is 2.39 bits per heavy atom. The Labute approximate surface area is 112 Å². The van der Waals surface area contributed by atoms with Gasteiger partial charge in [-0.2, -0.15) is 0 Å². The number of carbonyl (C=O) groups is 1. The first-order chi connectivity index (χ1) is 8.69. The monoisotopic (exact) mass is 266 g/mol. The molecule has 1 aromatic rings. The maximum atomic E-state index is 11.8. The molecule has 1 amide bonds. The summed E-state index contributed by atoms with van der Waals surface area (Å²) < 4.78 is 4.92. The Balaban J connectivity index is 2.58. The zero-order valence-electron chi connectivity index (χ0n) is 10.7.